The molecule has 1 fully saturated rings. The quantitative estimate of drug-likeness (QED) is 0.200. The molecule has 11 heteroatoms. The fourth-order valence-electron chi connectivity index (χ4n) is 1.32. The summed E-state index contributed by atoms with van der Waals surface area (Å²) in [6.45, 7) is -2.16. The molecule has 0 amide bonds. The maximum atomic E-state index is 10.5. The molecular formula is C6H13O10P. The average Bonchev–Trinajstić information content (AvgIpc) is 2.19. The van der Waals surface area contributed by atoms with Gasteiger partial charge in [-0.3, -0.25) is 0 Å². The molecule has 1 saturated heterocycles. The van der Waals surface area contributed by atoms with Gasteiger partial charge in [-0.15, -0.1) is 0 Å². The van der Waals surface area contributed by atoms with E-state index in [0.29, 0.717) is 0 Å². The van der Waals surface area contributed by atoms with Crippen molar-refractivity contribution in [3.05, 3.63) is 0 Å². The average molecular weight is 276 g/mol. The number of rotatable bonds is 3. The largest absolute Gasteiger partial charge is 0.472 e. The molecule has 0 saturated carbocycles. The first-order valence-electron chi connectivity index (χ1n) is 4.36. The Morgan fingerprint density at radius 1 is 1.29 bits per heavy atom. The first-order chi connectivity index (χ1) is 7.54. The number of aliphatic hydroxyl groups is 5. The monoisotopic (exact) mass is 276 g/mol. The Morgan fingerprint density at radius 3 is 2.24 bits per heavy atom. The topological polar surface area (TPSA) is 177 Å². The van der Waals surface area contributed by atoms with Crippen molar-refractivity contribution in [2.45, 2.75) is 23.8 Å². The molecule has 0 aromatic heterocycles. The van der Waals surface area contributed by atoms with Crippen LogP contribution in [0.1, 0.15) is 0 Å². The van der Waals surface area contributed by atoms with Crippen molar-refractivity contribution < 1.29 is 49.1 Å². The van der Waals surface area contributed by atoms with Gasteiger partial charge in [0.05, 0.1) is 6.61 Å². The minimum Gasteiger partial charge on any atom is -0.391 e. The van der Waals surface area contributed by atoms with E-state index >= 15 is 0 Å². The Bertz CT molecular complexity index is 329. The van der Waals surface area contributed by atoms with Crippen LogP contribution in [0.25, 0.3) is 0 Å². The van der Waals surface area contributed by atoms with E-state index in [-0.39, 0.29) is 0 Å². The van der Waals surface area contributed by atoms with E-state index in [0.717, 1.165) is 0 Å². The summed E-state index contributed by atoms with van der Waals surface area (Å²) in [4.78, 5) is 17.0. The van der Waals surface area contributed by atoms with E-state index in [2.05, 4.69) is 9.26 Å². The van der Waals surface area contributed by atoms with Crippen LogP contribution in [0.5, 0.6) is 0 Å². The molecule has 1 aliphatic heterocycles. The number of phosphoric acid groups is 1. The van der Waals surface area contributed by atoms with Crippen molar-refractivity contribution >= 4 is 7.82 Å². The summed E-state index contributed by atoms with van der Waals surface area (Å²) in [6, 6.07) is 0. The van der Waals surface area contributed by atoms with Crippen molar-refractivity contribution in [1.29, 1.82) is 0 Å². The Balaban J connectivity index is 2.91. The van der Waals surface area contributed by atoms with Crippen molar-refractivity contribution in [1.82, 2.24) is 0 Å². The van der Waals surface area contributed by atoms with Crippen LogP contribution in [0.15, 0.2) is 0 Å². The van der Waals surface area contributed by atoms with Gasteiger partial charge in [-0.2, -0.15) is 0 Å². The Hall–Kier alpha value is -0.130. The van der Waals surface area contributed by atoms with Crippen LogP contribution in [-0.2, 0) is 13.8 Å². The van der Waals surface area contributed by atoms with Gasteiger partial charge in [0.1, 0.15) is 18.8 Å². The lowest BCUT2D eigenvalue weighted by Gasteiger charge is -2.45. The van der Waals surface area contributed by atoms with Crippen molar-refractivity contribution in [2.75, 3.05) is 13.2 Å². The normalized spacial score (nSPS) is 43.7. The zero-order valence-electron chi connectivity index (χ0n) is 8.37. The lowest BCUT2D eigenvalue weighted by molar-refractivity contribution is -0.387. The van der Waals surface area contributed by atoms with Crippen LogP contribution >= 0.6 is 7.82 Å². The van der Waals surface area contributed by atoms with E-state index in [1.807, 2.05) is 0 Å². The summed E-state index contributed by atoms with van der Waals surface area (Å²) in [5.74, 6) is -5.45. The van der Waals surface area contributed by atoms with Crippen LogP contribution in [0.3, 0.4) is 0 Å². The van der Waals surface area contributed by atoms with Crippen LogP contribution in [0.4, 0.5) is 0 Å². The first-order valence-corrected chi connectivity index (χ1v) is 5.89. The van der Waals surface area contributed by atoms with E-state index in [9.17, 15) is 25.0 Å². The fourth-order valence-corrected chi connectivity index (χ4v) is 1.89. The molecule has 1 heterocycles. The maximum absolute atomic E-state index is 10.5. The Kier molecular flexibility index (Phi) is 3.97. The minimum atomic E-state index is -5.16. The highest BCUT2D eigenvalue weighted by molar-refractivity contribution is 7.46. The predicted octanol–water partition coefficient (Wildman–Crippen LogP) is -3.78. The lowest BCUT2D eigenvalue weighted by atomic mass is 9.95. The van der Waals surface area contributed by atoms with Crippen molar-refractivity contribution in [2.24, 2.45) is 0 Å². The third-order valence-electron chi connectivity index (χ3n) is 2.26. The summed E-state index contributed by atoms with van der Waals surface area (Å²) < 4.78 is 18.9. The Morgan fingerprint density at radius 2 is 1.82 bits per heavy atom. The zero-order valence-corrected chi connectivity index (χ0v) is 9.27. The fraction of sp³-hybridized carbons (Fsp3) is 1.00. The molecule has 102 valence electrons. The summed E-state index contributed by atoms with van der Waals surface area (Å²) in [5, 5.41) is 46.4. The van der Waals surface area contributed by atoms with E-state index in [1.54, 1.807) is 0 Å². The maximum Gasteiger partial charge on any atom is 0.472 e. The molecule has 4 atom stereocenters. The number of hydrogen-bond acceptors (Lipinski definition) is 8. The van der Waals surface area contributed by atoms with Gasteiger partial charge in [-0.25, -0.2) is 9.09 Å². The van der Waals surface area contributed by atoms with Gasteiger partial charge >= 0.3 is 7.82 Å². The number of hydrogen-bond donors (Lipinski definition) is 7. The highest BCUT2D eigenvalue weighted by Gasteiger charge is 2.58. The second-order valence-electron chi connectivity index (χ2n) is 3.61. The molecule has 10 nitrogen and oxygen atoms in total. The number of phosphoric ester groups is 1. The predicted molar refractivity (Wildman–Crippen MR) is 48.1 cm³/mol. The van der Waals surface area contributed by atoms with Gasteiger partial charge in [0.25, 0.3) is 0 Å². The van der Waals surface area contributed by atoms with Gasteiger partial charge < -0.3 is 40.1 Å². The molecule has 1 rings (SSSR count). The summed E-state index contributed by atoms with van der Waals surface area (Å²) in [7, 11) is -5.16. The second-order valence-corrected chi connectivity index (χ2v) is 4.77. The minimum absolute atomic E-state index is 1.06. The molecular weight excluding hydrogens is 263 g/mol. The van der Waals surface area contributed by atoms with Gasteiger partial charge in [0, 0.05) is 0 Å². The molecule has 0 spiro atoms. The number of aliphatic hydroxyl groups excluding tert-OH is 3. The van der Waals surface area contributed by atoms with Crippen LogP contribution < -0.4 is 0 Å². The summed E-state index contributed by atoms with van der Waals surface area (Å²) >= 11 is 0. The first kappa shape index (κ1) is 14.9. The van der Waals surface area contributed by atoms with E-state index in [4.69, 9.17) is 14.9 Å². The highest BCUT2D eigenvalue weighted by atomic mass is 31.2. The SMILES string of the molecule is O=P(O)(O)O[C@@]1(O)CO[C@@](O)(CO)[C@@H](O)[C@@H]1O. The van der Waals surface area contributed by atoms with Crippen LogP contribution in [0.2, 0.25) is 0 Å². The molecule has 0 aromatic carbocycles. The smallest absolute Gasteiger partial charge is 0.391 e. The molecule has 7 N–H and O–H groups in total. The van der Waals surface area contributed by atoms with Gasteiger partial charge in [0.2, 0.25) is 11.6 Å². The summed E-state index contributed by atoms with van der Waals surface area (Å²) in [5.41, 5.74) is 0. The molecule has 1 aliphatic rings. The second kappa shape index (κ2) is 4.52. The standard InChI is InChI=1S/C6H13O10P/c7-1-5(10)3(8)4(9)6(11,2-15-5)16-17(12,13)14/h3-4,7-11H,1-2H2,(H2,12,13,14)/t3-,4-,5-,6-/m0/s1. The van der Waals surface area contributed by atoms with Crippen molar-refractivity contribution in [3.63, 3.8) is 0 Å². The lowest BCUT2D eigenvalue weighted by Crippen LogP contribution is -2.68. The third kappa shape index (κ3) is 3.01. The van der Waals surface area contributed by atoms with E-state index < -0.39 is 44.8 Å². The Labute approximate surface area is 94.9 Å². The van der Waals surface area contributed by atoms with Gasteiger partial charge in [-0.1, -0.05) is 0 Å². The zero-order chi connectivity index (χ0) is 13.5. The van der Waals surface area contributed by atoms with E-state index in [1.165, 1.54) is 0 Å². The van der Waals surface area contributed by atoms with Crippen molar-refractivity contribution in [3.8, 4) is 0 Å². The van der Waals surface area contributed by atoms with Gasteiger partial charge in [0.15, 0.2) is 0 Å². The summed E-state index contributed by atoms with van der Waals surface area (Å²) in [6.07, 6.45) is -4.51. The van der Waals surface area contributed by atoms with Crippen LogP contribution in [-0.4, -0.2) is 72.3 Å². The number of ether oxygens (including phenoxy) is 1. The van der Waals surface area contributed by atoms with Gasteiger partial charge in [-0.05, 0) is 0 Å². The highest BCUT2D eigenvalue weighted by Crippen LogP contribution is 2.44. The molecule has 0 bridgehead atoms. The third-order valence-corrected chi connectivity index (χ3v) is 2.81. The molecule has 0 aromatic rings. The molecule has 0 radical (unpaired) electrons. The van der Waals surface area contributed by atoms with Crippen LogP contribution in [0, 0.1) is 0 Å². The molecule has 17 heavy (non-hydrogen) atoms. The molecule has 0 unspecified atom stereocenters. The molecule has 0 aliphatic carbocycles.